The largest absolute Gasteiger partial charge is 0.548 e. The van der Waals surface area contributed by atoms with Crippen LogP contribution in [0.2, 0.25) is 0 Å². The fourth-order valence-corrected chi connectivity index (χ4v) is 2.78. The SMILES string of the molecule is O=C([O-])[C@@H]1Nc2ccccc2[C@H]2C=CC[C@H]21. The molecule has 0 fully saturated rings. The number of allylic oxidation sites excluding steroid dienone is 2. The van der Waals surface area contributed by atoms with Gasteiger partial charge in [-0.25, -0.2) is 0 Å². The van der Waals surface area contributed by atoms with Crippen molar-refractivity contribution in [2.24, 2.45) is 5.92 Å². The van der Waals surface area contributed by atoms with Crippen molar-refractivity contribution in [3.63, 3.8) is 0 Å². The van der Waals surface area contributed by atoms with Gasteiger partial charge in [0.05, 0.1) is 12.0 Å². The first kappa shape index (κ1) is 9.46. The summed E-state index contributed by atoms with van der Waals surface area (Å²) in [6, 6.07) is 7.31. The predicted molar refractivity (Wildman–Crippen MR) is 58.8 cm³/mol. The molecule has 1 N–H and O–H groups in total. The highest BCUT2D eigenvalue weighted by Crippen LogP contribution is 2.44. The van der Waals surface area contributed by atoms with Crippen LogP contribution in [0.25, 0.3) is 0 Å². The Kier molecular flexibility index (Phi) is 1.99. The van der Waals surface area contributed by atoms with E-state index in [2.05, 4.69) is 23.5 Å². The molecule has 0 saturated heterocycles. The van der Waals surface area contributed by atoms with E-state index in [9.17, 15) is 9.90 Å². The number of fused-ring (bicyclic) bond motifs is 3. The lowest BCUT2D eigenvalue weighted by molar-refractivity contribution is -0.308. The maximum Gasteiger partial charge on any atom is 0.0698 e. The zero-order valence-corrected chi connectivity index (χ0v) is 8.72. The van der Waals surface area contributed by atoms with Gasteiger partial charge in [-0.3, -0.25) is 0 Å². The van der Waals surface area contributed by atoms with Crippen LogP contribution in [0.4, 0.5) is 5.69 Å². The molecule has 1 aromatic carbocycles. The fourth-order valence-electron chi connectivity index (χ4n) is 2.78. The van der Waals surface area contributed by atoms with Crippen LogP contribution in [0.3, 0.4) is 0 Å². The number of rotatable bonds is 1. The van der Waals surface area contributed by atoms with Crippen molar-refractivity contribution in [1.29, 1.82) is 0 Å². The number of aliphatic carboxylic acids is 1. The quantitative estimate of drug-likeness (QED) is 0.706. The third-order valence-corrected chi connectivity index (χ3v) is 3.53. The molecule has 2 aliphatic rings. The van der Waals surface area contributed by atoms with Gasteiger partial charge in [0.25, 0.3) is 0 Å². The van der Waals surface area contributed by atoms with Gasteiger partial charge in [0, 0.05) is 11.6 Å². The van der Waals surface area contributed by atoms with Crippen LogP contribution in [0.15, 0.2) is 36.4 Å². The topological polar surface area (TPSA) is 52.2 Å². The van der Waals surface area contributed by atoms with Gasteiger partial charge in [0.1, 0.15) is 0 Å². The number of carbonyl (C=O) groups excluding carboxylic acids is 1. The number of anilines is 1. The van der Waals surface area contributed by atoms with Crippen LogP contribution < -0.4 is 10.4 Å². The predicted octanol–water partition coefficient (Wildman–Crippen LogP) is 0.890. The molecule has 3 nitrogen and oxygen atoms in total. The molecule has 3 atom stereocenters. The minimum Gasteiger partial charge on any atom is -0.548 e. The fraction of sp³-hybridized carbons (Fsp3) is 0.308. The number of para-hydroxylation sites is 1. The Balaban J connectivity index is 2.08. The molecule has 0 bridgehead atoms. The molecule has 0 spiro atoms. The molecule has 82 valence electrons. The van der Waals surface area contributed by atoms with E-state index >= 15 is 0 Å². The Morgan fingerprint density at radius 1 is 1.38 bits per heavy atom. The summed E-state index contributed by atoms with van der Waals surface area (Å²) in [6.45, 7) is 0. The van der Waals surface area contributed by atoms with Crippen LogP contribution in [0.1, 0.15) is 17.9 Å². The van der Waals surface area contributed by atoms with Crippen molar-refractivity contribution in [3.05, 3.63) is 42.0 Å². The van der Waals surface area contributed by atoms with Crippen LogP contribution >= 0.6 is 0 Å². The molecule has 1 aromatic rings. The molecule has 1 aliphatic carbocycles. The van der Waals surface area contributed by atoms with Crippen LogP contribution in [0.5, 0.6) is 0 Å². The Labute approximate surface area is 93.8 Å². The minimum absolute atomic E-state index is 0.0971. The molecular weight excluding hydrogens is 202 g/mol. The van der Waals surface area contributed by atoms with Gasteiger partial charge >= 0.3 is 0 Å². The number of nitrogens with one attached hydrogen (secondary N) is 1. The van der Waals surface area contributed by atoms with E-state index in [1.807, 2.05) is 18.2 Å². The van der Waals surface area contributed by atoms with E-state index in [0.717, 1.165) is 12.1 Å². The van der Waals surface area contributed by atoms with E-state index in [1.165, 1.54) is 5.56 Å². The monoisotopic (exact) mass is 214 g/mol. The zero-order chi connectivity index (χ0) is 11.1. The second kappa shape index (κ2) is 3.37. The second-order valence-electron chi connectivity index (χ2n) is 4.38. The van der Waals surface area contributed by atoms with E-state index in [4.69, 9.17) is 0 Å². The van der Waals surface area contributed by atoms with E-state index in [1.54, 1.807) is 0 Å². The number of hydrogen-bond acceptors (Lipinski definition) is 3. The highest BCUT2D eigenvalue weighted by molar-refractivity contribution is 5.79. The summed E-state index contributed by atoms with van der Waals surface area (Å²) < 4.78 is 0. The van der Waals surface area contributed by atoms with Crippen molar-refractivity contribution >= 4 is 11.7 Å². The molecule has 0 saturated carbocycles. The summed E-state index contributed by atoms with van der Waals surface area (Å²) in [7, 11) is 0. The molecular formula is C13H12NO2-. The Hall–Kier alpha value is -1.77. The van der Waals surface area contributed by atoms with Gasteiger partial charge in [-0.05, 0) is 24.0 Å². The van der Waals surface area contributed by atoms with Gasteiger partial charge in [-0.2, -0.15) is 0 Å². The summed E-state index contributed by atoms with van der Waals surface area (Å²) in [6.07, 6.45) is 4.99. The van der Waals surface area contributed by atoms with Crippen molar-refractivity contribution in [1.82, 2.24) is 0 Å². The van der Waals surface area contributed by atoms with E-state index in [0.29, 0.717) is 0 Å². The molecule has 0 amide bonds. The summed E-state index contributed by atoms with van der Waals surface area (Å²) in [5.41, 5.74) is 2.11. The van der Waals surface area contributed by atoms with Crippen LogP contribution in [0, 0.1) is 5.92 Å². The molecule has 0 radical (unpaired) electrons. The average Bonchev–Trinajstić information content (AvgIpc) is 2.76. The first-order valence-electron chi connectivity index (χ1n) is 5.50. The smallest absolute Gasteiger partial charge is 0.0698 e. The number of carbonyl (C=O) groups is 1. The van der Waals surface area contributed by atoms with Crippen LogP contribution in [-0.2, 0) is 4.79 Å². The van der Waals surface area contributed by atoms with Gasteiger partial charge in [0.15, 0.2) is 0 Å². The minimum atomic E-state index is -1.01. The van der Waals surface area contributed by atoms with Crippen LogP contribution in [-0.4, -0.2) is 12.0 Å². The maximum atomic E-state index is 11.1. The molecule has 0 aromatic heterocycles. The Morgan fingerprint density at radius 3 is 3.00 bits per heavy atom. The summed E-state index contributed by atoms with van der Waals surface area (Å²) in [4.78, 5) is 11.1. The molecule has 3 heteroatoms. The molecule has 3 rings (SSSR count). The molecule has 1 aliphatic heterocycles. The lowest BCUT2D eigenvalue weighted by Crippen LogP contribution is -2.48. The Morgan fingerprint density at radius 2 is 2.19 bits per heavy atom. The van der Waals surface area contributed by atoms with Gasteiger partial charge < -0.3 is 15.2 Å². The number of carboxylic acids is 1. The highest BCUT2D eigenvalue weighted by Gasteiger charge is 2.37. The number of hydrogen-bond donors (Lipinski definition) is 1. The second-order valence-corrected chi connectivity index (χ2v) is 4.38. The van der Waals surface area contributed by atoms with Crippen molar-refractivity contribution in [3.8, 4) is 0 Å². The summed E-state index contributed by atoms with van der Waals surface area (Å²) in [5.74, 6) is -0.687. The van der Waals surface area contributed by atoms with E-state index < -0.39 is 12.0 Å². The maximum absolute atomic E-state index is 11.1. The van der Waals surface area contributed by atoms with Gasteiger partial charge in [-0.1, -0.05) is 30.4 Å². The van der Waals surface area contributed by atoms with Crippen molar-refractivity contribution < 1.29 is 9.90 Å². The normalized spacial score (nSPS) is 30.4. The van der Waals surface area contributed by atoms with E-state index in [-0.39, 0.29) is 11.8 Å². The summed E-state index contributed by atoms with van der Waals surface area (Å²) >= 11 is 0. The molecule has 16 heavy (non-hydrogen) atoms. The van der Waals surface area contributed by atoms with Crippen molar-refractivity contribution in [2.45, 2.75) is 18.4 Å². The lowest BCUT2D eigenvalue weighted by atomic mass is 9.79. The lowest BCUT2D eigenvalue weighted by Gasteiger charge is -2.37. The highest BCUT2D eigenvalue weighted by atomic mass is 16.4. The van der Waals surface area contributed by atoms with Gasteiger partial charge in [-0.15, -0.1) is 0 Å². The first-order valence-corrected chi connectivity index (χ1v) is 5.50. The standard InChI is InChI=1S/C13H13NO2/c15-13(16)12-10-6-3-5-8(10)9-4-1-2-7-11(9)14-12/h1-5,7-8,10,12,14H,6H2,(H,15,16)/p-1/t8-,10-,12-/m1/s1. The van der Waals surface area contributed by atoms with Crippen molar-refractivity contribution in [2.75, 3.05) is 5.32 Å². The third-order valence-electron chi connectivity index (χ3n) is 3.53. The third kappa shape index (κ3) is 1.24. The number of benzene rings is 1. The summed E-state index contributed by atoms with van der Waals surface area (Å²) in [5, 5.41) is 14.2. The first-order chi connectivity index (χ1) is 7.77. The van der Waals surface area contributed by atoms with Gasteiger partial charge in [0.2, 0.25) is 0 Å². The zero-order valence-electron chi connectivity index (χ0n) is 8.72. The average molecular weight is 214 g/mol. The number of carboxylic acid groups (broad SMARTS) is 1. The molecule has 0 unspecified atom stereocenters. The molecule has 1 heterocycles. The Bertz CT molecular complexity index is 467.